The van der Waals surface area contributed by atoms with E-state index in [2.05, 4.69) is 26.7 Å². The molecule has 10 heteroatoms. The van der Waals surface area contributed by atoms with E-state index in [0.717, 1.165) is 36.8 Å². The summed E-state index contributed by atoms with van der Waals surface area (Å²) in [4.78, 5) is 40.3. The van der Waals surface area contributed by atoms with E-state index in [-0.39, 0.29) is 11.3 Å². The highest BCUT2D eigenvalue weighted by Gasteiger charge is 2.35. The molecule has 1 aliphatic carbocycles. The molecule has 1 fully saturated rings. The summed E-state index contributed by atoms with van der Waals surface area (Å²) < 4.78 is 0. The molecule has 4 rings (SSSR count). The zero-order valence-electron chi connectivity index (χ0n) is 20.5. The van der Waals surface area contributed by atoms with Crippen molar-refractivity contribution in [1.29, 1.82) is 5.26 Å². The number of aliphatic carboxylic acids is 2. The lowest BCUT2D eigenvalue weighted by molar-refractivity contribution is -0.134. The molecular weight excluding hydrogens is 486 g/mol. The lowest BCUT2D eigenvalue weighted by Gasteiger charge is -2.21. The fraction of sp³-hybridized carbons (Fsp3) is 0.214. The first-order chi connectivity index (χ1) is 18.3. The zero-order chi connectivity index (χ0) is 27.4. The van der Waals surface area contributed by atoms with Crippen LogP contribution < -0.4 is 10.6 Å². The number of carboxylic acid groups (broad SMARTS) is 2. The molecule has 1 aliphatic rings. The van der Waals surface area contributed by atoms with Crippen LogP contribution in [0.3, 0.4) is 0 Å². The van der Waals surface area contributed by atoms with Gasteiger partial charge in [0, 0.05) is 43.0 Å². The van der Waals surface area contributed by atoms with Crippen molar-refractivity contribution in [2.45, 2.75) is 37.6 Å². The van der Waals surface area contributed by atoms with Gasteiger partial charge in [-0.25, -0.2) is 14.6 Å². The topological polar surface area (TPSA) is 165 Å². The molecule has 0 unspecified atom stereocenters. The van der Waals surface area contributed by atoms with E-state index in [9.17, 15) is 19.6 Å². The van der Waals surface area contributed by atoms with Crippen LogP contribution in [0.2, 0.25) is 0 Å². The van der Waals surface area contributed by atoms with Crippen LogP contribution in [0.1, 0.15) is 47.2 Å². The molecule has 38 heavy (non-hydrogen) atoms. The van der Waals surface area contributed by atoms with E-state index in [0.29, 0.717) is 35.8 Å². The lowest BCUT2D eigenvalue weighted by atomic mass is 9.80. The van der Waals surface area contributed by atoms with Gasteiger partial charge in [0.1, 0.15) is 5.82 Å². The van der Waals surface area contributed by atoms with Crippen molar-refractivity contribution in [2.75, 3.05) is 10.6 Å². The number of carboxylic acids is 2. The van der Waals surface area contributed by atoms with Crippen molar-refractivity contribution >= 4 is 29.4 Å². The van der Waals surface area contributed by atoms with Gasteiger partial charge in [-0.05, 0) is 60.4 Å². The van der Waals surface area contributed by atoms with Crippen molar-refractivity contribution in [3.8, 4) is 6.07 Å². The maximum Gasteiger partial charge on any atom is 0.328 e. The number of aromatic nitrogens is 2. The highest BCUT2D eigenvalue weighted by atomic mass is 16.4. The smallest absolute Gasteiger partial charge is 0.328 e. The molecular formula is C28H27N5O5. The van der Waals surface area contributed by atoms with Crippen LogP contribution in [0.25, 0.3) is 0 Å². The molecule has 0 bridgehead atoms. The number of rotatable bonds is 8. The van der Waals surface area contributed by atoms with Gasteiger partial charge in [-0.3, -0.25) is 9.78 Å². The Hall–Kier alpha value is -5.04. The third-order valence-corrected chi connectivity index (χ3v) is 6.00. The molecule has 0 aliphatic heterocycles. The van der Waals surface area contributed by atoms with Crippen molar-refractivity contribution < 1.29 is 24.6 Å². The van der Waals surface area contributed by atoms with Gasteiger partial charge in [-0.2, -0.15) is 5.26 Å². The van der Waals surface area contributed by atoms with Crippen LogP contribution in [0.15, 0.2) is 79.3 Å². The number of anilines is 2. The maximum absolute atomic E-state index is 12.9. The molecule has 1 amide bonds. The summed E-state index contributed by atoms with van der Waals surface area (Å²) in [6, 6.07) is 17.5. The molecule has 2 heterocycles. The summed E-state index contributed by atoms with van der Waals surface area (Å²) in [5.74, 6) is -2.22. The van der Waals surface area contributed by atoms with Crippen molar-refractivity contribution in [3.05, 3.63) is 96.0 Å². The zero-order valence-corrected chi connectivity index (χ0v) is 20.5. The van der Waals surface area contributed by atoms with Gasteiger partial charge in [-0.1, -0.05) is 25.0 Å². The number of pyridine rings is 2. The van der Waals surface area contributed by atoms with Crippen LogP contribution in [0.4, 0.5) is 11.5 Å². The van der Waals surface area contributed by atoms with Crippen LogP contribution in [0.5, 0.6) is 0 Å². The van der Waals surface area contributed by atoms with Crippen LogP contribution in [-0.2, 0) is 21.5 Å². The van der Waals surface area contributed by atoms with Crippen LogP contribution in [0, 0.1) is 11.3 Å². The second kappa shape index (κ2) is 13.3. The van der Waals surface area contributed by atoms with Gasteiger partial charge in [0.25, 0.3) is 5.91 Å². The first-order valence-electron chi connectivity index (χ1n) is 11.9. The normalized spacial score (nSPS) is 13.6. The number of nitrogens with one attached hydrogen (secondary N) is 2. The van der Waals surface area contributed by atoms with Gasteiger partial charge in [0.15, 0.2) is 0 Å². The largest absolute Gasteiger partial charge is 0.478 e. The van der Waals surface area contributed by atoms with E-state index in [4.69, 9.17) is 10.2 Å². The Morgan fingerprint density at radius 2 is 1.58 bits per heavy atom. The van der Waals surface area contributed by atoms with Gasteiger partial charge in [-0.15, -0.1) is 0 Å². The van der Waals surface area contributed by atoms with Crippen LogP contribution >= 0.6 is 0 Å². The fourth-order valence-electron chi connectivity index (χ4n) is 4.07. The second-order valence-corrected chi connectivity index (χ2v) is 8.55. The standard InChI is InChI=1S/C24H23N5O.C4H4O4/c25-17-24(11-1-2-12-24)19-5-7-20(8-6-19)29-23(30)21-4-3-13-27-22(21)28-16-18-9-14-26-15-10-18;5-3(6)1-2-4(7)8/h3-10,13-15H,1-2,11-12,16H2,(H,27,28)(H,29,30);1-2H,(H,5,6)(H,7,8)/b;2-1-. The second-order valence-electron chi connectivity index (χ2n) is 8.55. The first-order valence-corrected chi connectivity index (χ1v) is 11.9. The third kappa shape index (κ3) is 7.73. The van der Waals surface area contributed by atoms with Gasteiger partial charge < -0.3 is 20.8 Å². The molecule has 0 spiro atoms. The van der Waals surface area contributed by atoms with Crippen molar-refractivity contribution in [1.82, 2.24) is 9.97 Å². The Bertz CT molecular complexity index is 1310. The number of amides is 1. The Labute approximate surface area is 219 Å². The molecule has 194 valence electrons. The maximum atomic E-state index is 12.9. The minimum absolute atomic E-state index is 0.232. The number of carbonyl (C=O) groups is 3. The first kappa shape index (κ1) is 27.5. The fourth-order valence-corrected chi connectivity index (χ4v) is 4.07. The average molecular weight is 514 g/mol. The molecule has 1 aromatic carbocycles. The highest BCUT2D eigenvalue weighted by Crippen LogP contribution is 2.40. The number of benzene rings is 1. The summed E-state index contributed by atoms with van der Waals surface area (Å²) >= 11 is 0. The van der Waals surface area contributed by atoms with Crippen LogP contribution in [-0.4, -0.2) is 38.0 Å². The summed E-state index contributed by atoms with van der Waals surface area (Å²) in [7, 11) is 0. The lowest BCUT2D eigenvalue weighted by Crippen LogP contribution is -2.19. The molecule has 4 N–H and O–H groups in total. The van der Waals surface area contributed by atoms with E-state index in [1.54, 1.807) is 30.7 Å². The summed E-state index contributed by atoms with van der Waals surface area (Å²) in [5.41, 5.74) is 2.87. The molecule has 0 atom stereocenters. The minimum Gasteiger partial charge on any atom is -0.478 e. The highest BCUT2D eigenvalue weighted by molar-refractivity contribution is 6.07. The van der Waals surface area contributed by atoms with E-state index in [1.165, 1.54) is 0 Å². The van der Waals surface area contributed by atoms with E-state index in [1.807, 2.05) is 36.4 Å². The Kier molecular flexibility index (Phi) is 9.65. The average Bonchev–Trinajstić information content (AvgIpc) is 3.43. The number of nitriles is 1. The molecule has 0 saturated heterocycles. The number of hydrogen-bond acceptors (Lipinski definition) is 7. The minimum atomic E-state index is -1.26. The molecule has 2 aromatic heterocycles. The molecule has 1 saturated carbocycles. The van der Waals surface area contributed by atoms with Gasteiger partial charge in [0.05, 0.1) is 17.0 Å². The summed E-state index contributed by atoms with van der Waals surface area (Å²) in [6.45, 7) is 0.546. The molecule has 0 radical (unpaired) electrons. The van der Waals surface area contributed by atoms with Gasteiger partial charge in [0.2, 0.25) is 0 Å². The van der Waals surface area contributed by atoms with Gasteiger partial charge >= 0.3 is 11.9 Å². The number of hydrogen-bond donors (Lipinski definition) is 4. The predicted octanol–water partition coefficient (Wildman–Crippen LogP) is 4.39. The predicted molar refractivity (Wildman–Crippen MR) is 140 cm³/mol. The quantitative estimate of drug-likeness (QED) is 0.320. The molecule has 3 aromatic rings. The van der Waals surface area contributed by atoms with E-state index < -0.39 is 11.9 Å². The Morgan fingerprint density at radius 3 is 2.16 bits per heavy atom. The SMILES string of the molecule is N#CC1(c2ccc(NC(=O)c3cccnc3NCc3ccncc3)cc2)CCCC1.O=C(O)/C=C\C(=O)O. The van der Waals surface area contributed by atoms with Crippen molar-refractivity contribution in [3.63, 3.8) is 0 Å². The van der Waals surface area contributed by atoms with Crippen molar-refractivity contribution in [2.24, 2.45) is 0 Å². The Morgan fingerprint density at radius 1 is 0.947 bits per heavy atom. The third-order valence-electron chi connectivity index (χ3n) is 6.00. The van der Waals surface area contributed by atoms with E-state index >= 15 is 0 Å². The summed E-state index contributed by atoms with van der Waals surface area (Å²) in [5, 5.41) is 31.4. The number of nitrogens with zero attached hydrogens (tertiary/aromatic N) is 3. The summed E-state index contributed by atoms with van der Waals surface area (Å²) in [6.07, 6.45) is 10.2. The molecule has 10 nitrogen and oxygen atoms in total. The Balaban J connectivity index is 0.000000436. The monoisotopic (exact) mass is 513 g/mol. The number of carbonyl (C=O) groups excluding carboxylic acids is 1.